The number of hydrogen-bond acceptors (Lipinski definition) is 1. The number of carbonyl (C=O) groups excluding carboxylic acids is 1. The molecular weight excluding hydrogens is 272 g/mol. The highest BCUT2D eigenvalue weighted by atomic mass is 16.2. The number of rotatable bonds is 3. The second kappa shape index (κ2) is 5.84. The molecule has 22 heavy (non-hydrogen) atoms. The van der Waals surface area contributed by atoms with E-state index in [0.717, 1.165) is 12.1 Å². The summed E-state index contributed by atoms with van der Waals surface area (Å²) in [6, 6.07) is 14.6. The number of fused-ring (bicyclic) bond motifs is 3. The monoisotopic (exact) mass is 294 g/mol. The Labute approximate surface area is 131 Å². The van der Waals surface area contributed by atoms with Gasteiger partial charge in [-0.05, 0) is 53.6 Å². The number of carbonyl (C=O) groups is 1. The highest BCUT2D eigenvalue weighted by Gasteiger charge is 2.18. The van der Waals surface area contributed by atoms with Crippen molar-refractivity contribution in [3.05, 3.63) is 53.6 Å². The van der Waals surface area contributed by atoms with Crippen LogP contribution >= 0.6 is 0 Å². The van der Waals surface area contributed by atoms with E-state index in [1.807, 2.05) is 13.0 Å². The van der Waals surface area contributed by atoms with Crippen LogP contribution in [0.2, 0.25) is 0 Å². The quantitative estimate of drug-likeness (QED) is 0.737. The molecule has 2 aromatic rings. The SMILES string of the molecule is CC(C)C(C)NC(=O)Nc1ccc2c(c1)Cc1ccccc1-2. The molecule has 2 N–H and O–H groups in total. The van der Waals surface area contributed by atoms with Crippen molar-refractivity contribution in [3.8, 4) is 11.1 Å². The smallest absolute Gasteiger partial charge is 0.319 e. The highest BCUT2D eigenvalue weighted by Crippen LogP contribution is 2.37. The summed E-state index contributed by atoms with van der Waals surface area (Å²) in [5.41, 5.74) is 6.06. The molecule has 1 unspecified atom stereocenters. The third-order valence-electron chi connectivity index (χ3n) is 4.41. The number of amides is 2. The van der Waals surface area contributed by atoms with Crippen molar-refractivity contribution in [3.63, 3.8) is 0 Å². The Morgan fingerprint density at radius 3 is 2.50 bits per heavy atom. The Hall–Kier alpha value is -2.29. The average Bonchev–Trinajstić information content (AvgIpc) is 2.84. The van der Waals surface area contributed by atoms with E-state index in [4.69, 9.17) is 0 Å². The Morgan fingerprint density at radius 2 is 1.73 bits per heavy atom. The van der Waals surface area contributed by atoms with E-state index in [1.54, 1.807) is 0 Å². The van der Waals surface area contributed by atoms with Crippen molar-refractivity contribution in [1.82, 2.24) is 5.32 Å². The lowest BCUT2D eigenvalue weighted by atomic mass is 10.1. The Bertz CT molecular complexity index is 706. The Kier molecular flexibility index (Phi) is 3.88. The molecule has 1 aliphatic rings. The van der Waals surface area contributed by atoms with E-state index in [2.05, 4.69) is 60.9 Å². The predicted molar refractivity (Wildman–Crippen MR) is 91.1 cm³/mol. The summed E-state index contributed by atoms with van der Waals surface area (Å²) in [6.07, 6.45) is 0.936. The average molecular weight is 294 g/mol. The maximum atomic E-state index is 12.0. The minimum Gasteiger partial charge on any atom is -0.335 e. The van der Waals surface area contributed by atoms with Gasteiger partial charge in [0.25, 0.3) is 0 Å². The molecule has 2 amide bonds. The van der Waals surface area contributed by atoms with Crippen molar-refractivity contribution in [1.29, 1.82) is 0 Å². The summed E-state index contributed by atoms with van der Waals surface area (Å²) in [5.74, 6) is 0.417. The van der Waals surface area contributed by atoms with E-state index >= 15 is 0 Å². The maximum absolute atomic E-state index is 12.0. The summed E-state index contributed by atoms with van der Waals surface area (Å²) < 4.78 is 0. The number of benzene rings is 2. The maximum Gasteiger partial charge on any atom is 0.319 e. The van der Waals surface area contributed by atoms with Crippen molar-refractivity contribution in [2.45, 2.75) is 33.2 Å². The van der Waals surface area contributed by atoms with Gasteiger partial charge in [-0.3, -0.25) is 0 Å². The Morgan fingerprint density at radius 1 is 1.00 bits per heavy atom. The molecule has 0 saturated heterocycles. The molecule has 3 heteroatoms. The zero-order valence-corrected chi connectivity index (χ0v) is 13.3. The van der Waals surface area contributed by atoms with Crippen LogP contribution in [0.5, 0.6) is 0 Å². The topological polar surface area (TPSA) is 41.1 Å². The van der Waals surface area contributed by atoms with Gasteiger partial charge in [0.1, 0.15) is 0 Å². The lowest BCUT2D eigenvalue weighted by Crippen LogP contribution is -2.39. The molecule has 2 aromatic carbocycles. The third kappa shape index (κ3) is 2.84. The molecule has 0 aromatic heterocycles. The molecule has 0 aliphatic heterocycles. The van der Waals surface area contributed by atoms with Gasteiger partial charge in [-0.15, -0.1) is 0 Å². The van der Waals surface area contributed by atoms with Crippen LogP contribution in [0.25, 0.3) is 11.1 Å². The normalized spacial score (nSPS) is 13.5. The predicted octanol–water partition coefficient (Wildman–Crippen LogP) is 4.42. The van der Waals surface area contributed by atoms with Crippen LogP contribution in [0.4, 0.5) is 10.5 Å². The lowest BCUT2D eigenvalue weighted by molar-refractivity contribution is 0.246. The largest absolute Gasteiger partial charge is 0.335 e. The molecular formula is C19H22N2O. The molecule has 0 saturated carbocycles. The van der Waals surface area contributed by atoms with Gasteiger partial charge in [0.05, 0.1) is 0 Å². The number of anilines is 1. The molecule has 0 bridgehead atoms. The van der Waals surface area contributed by atoms with Gasteiger partial charge in [-0.2, -0.15) is 0 Å². The minimum atomic E-state index is -0.142. The van der Waals surface area contributed by atoms with Gasteiger partial charge in [0.15, 0.2) is 0 Å². The first-order chi connectivity index (χ1) is 10.5. The molecule has 1 atom stereocenters. The van der Waals surface area contributed by atoms with E-state index in [1.165, 1.54) is 22.3 Å². The van der Waals surface area contributed by atoms with Crippen LogP contribution in [0.15, 0.2) is 42.5 Å². The molecule has 0 fully saturated rings. The molecule has 0 radical (unpaired) electrons. The number of urea groups is 1. The fourth-order valence-electron chi connectivity index (χ4n) is 2.76. The summed E-state index contributed by atoms with van der Waals surface area (Å²) in [7, 11) is 0. The summed E-state index contributed by atoms with van der Waals surface area (Å²) in [6.45, 7) is 6.21. The molecule has 0 spiro atoms. The fraction of sp³-hybridized carbons (Fsp3) is 0.316. The van der Waals surface area contributed by atoms with E-state index in [-0.39, 0.29) is 12.1 Å². The van der Waals surface area contributed by atoms with Crippen molar-refractivity contribution >= 4 is 11.7 Å². The highest BCUT2D eigenvalue weighted by molar-refractivity contribution is 5.90. The fourth-order valence-corrected chi connectivity index (χ4v) is 2.76. The third-order valence-corrected chi connectivity index (χ3v) is 4.41. The van der Waals surface area contributed by atoms with E-state index in [9.17, 15) is 4.79 Å². The molecule has 114 valence electrons. The lowest BCUT2D eigenvalue weighted by Gasteiger charge is -2.18. The first-order valence-electron chi connectivity index (χ1n) is 7.83. The van der Waals surface area contributed by atoms with Gasteiger partial charge in [-0.25, -0.2) is 4.79 Å². The van der Waals surface area contributed by atoms with Crippen molar-refractivity contribution in [2.24, 2.45) is 5.92 Å². The molecule has 1 aliphatic carbocycles. The first kappa shape index (κ1) is 14.6. The van der Waals surface area contributed by atoms with E-state index in [0.29, 0.717) is 5.92 Å². The standard InChI is InChI=1S/C19H22N2O/c1-12(2)13(3)20-19(22)21-16-8-9-18-15(11-16)10-14-6-4-5-7-17(14)18/h4-9,11-13H,10H2,1-3H3,(H2,20,21,22). The summed E-state index contributed by atoms with van der Waals surface area (Å²) in [5, 5.41) is 5.90. The summed E-state index contributed by atoms with van der Waals surface area (Å²) >= 11 is 0. The first-order valence-corrected chi connectivity index (χ1v) is 7.83. The summed E-state index contributed by atoms with van der Waals surface area (Å²) in [4.78, 5) is 12.0. The second-order valence-electron chi connectivity index (χ2n) is 6.34. The minimum absolute atomic E-state index is 0.142. The van der Waals surface area contributed by atoms with Crippen LogP contribution in [-0.2, 0) is 6.42 Å². The van der Waals surface area contributed by atoms with Crippen molar-refractivity contribution in [2.75, 3.05) is 5.32 Å². The van der Waals surface area contributed by atoms with Crippen LogP contribution in [0.1, 0.15) is 31.9 Å². The Balaban J connectivity index is 1.73. The molecule has 3 rings (SSSR count). The van der Waals surface area contributed by atoms with Crippen LogP contribution in [0, 0.1) is 5.92 Å². The van der Waals surface area contributed by atoms with Gasteiger partial charge < -0.3 is 10.6 Å². The van der Waals surface area contributed by atoms with Crippen LogP contribution in [0.3, 0.4) is 0 Å². The molecule has 0 heterocycles. The molecule has 3 nitrogen and oxygen atoms in total. The number of hydrogen-bond donors (Lipinski definition) is 2. The van der Waals surface area contributed by atoms with Crippen LogP contribution in [-0.4, -0.2) is 12.1 Å². The van der Waals surface area contributed by atoms with Gasteiger partial charge in [0, 0.05) is 11.7 Å². The van der Waals surface area contributed by atoms with Crippen molar-refractivity contribution < 1.29 is 4.79 Å². The van der Waals surface area contributed by atoms with Gasteiger partial charge >= 0.3 is 6.03 Å². The second-order valence-corrected chi connectivity index (χ2v) is 6.34. The van der Waals surface area contributed by atoms with Gasteiger partial charge in [0.2, 0.25) is 0 Å². The zero-order valence-electron chi connectivity index (χ0n) is 13.3. The van der Waals surface area contributed by atoms with Crippen LogP contribution < -0.4 is 10.6 Å². The zero-order chi connectivity index (χ0) is 15.7. The van der Waals surface area contributed by atoms with Gasteiger partial charge in [-0.1, -0.05) is 44.2 Å². The number of nitrogens with one attached hydrogen (secondary N) is 2. The van der Waals surface area contributed by atoms with E-state index < -0.39 is 0 Å².